The van der Waals surface area contributed by atoms with Crippen LogP contribution >= 0.6 is 0 Å². The molecule has 1 heterocycles. The Balaban J connectivity index is 2.14. The van der Waals surface area contributed by atoms with Gasteiger partial charge in [0.2, 0.25) is 5.91 Å². The number of halogens is 1. The van der Waals surface area contributed by atoms with E-state index in [1.165, 1.54) is 12.1 Å². The predicted octanol–water partition coefficient (Wildman–Crippen LogP) is 1.69. The van der Waals surface area contributed by atoms with Gasteiger partial charge < -0.3 is 11.1 Å². The second kappa shape index (κ2) is 6.76. The Labute approximate surface area is 133 Å². The third-order valence-electron chi connectivity index (χ3n) is 4.04. The van der Waals surface area contributed by atoms with Crippen LogP contribution < -0.4 is 11.1 Å². The third kappa shape index (κ3) is 3.33. The van der Waals surface area contributed by atoms with Crippen molar-refractivity contribution in [2.75, 3.05) is 13.2 Å². The number of nitrogens with one attached hydrogen (secondary N) is 1. The average Bonchev–Trinajstić information content (AvgIpc) is 2.75. The van der Waals surface area contributed by atoms with Gasteiger partial charge in [0, 0.05) is 12.1 Å². The Morgan fingerprint density at radius 3 is 2.43 bits per heavy atom. The molecular formula is C16H20FN3O3. The molecule has 1 aliphatic rings. The van der Waals surface area contributed by atoms with E-state index < -0.39 is 24.2 Å². The molecule has 124 valence electrons. The van der Waals surface area contributed by atoms with Gasteiger partial charge in [-0.3, -0.25) is 18.9 Å². The fraction of sp³-hybridized carbons (Fsp3) is 0.438. The van der Waals surface area contributed by atoms with E-state index in [-0.39, 0.29) is 12.5 Å². The number of nitrogens with two attached hydrogens (primary N) is 1. The van der Waals surface area contributed by atoms with Gasteiger partial charge in [-0.25, -0.2) is 4.79 Å². The largest absolute Gasteiger partial charge is 0.366 e. The Morgan fingerprint density at radius 1 is 1.22 bits per heavy atom. The van der Waals surface area contributed by atoms with Crippen LogP contribution in [-0.4, -0.2) is 36.0 Å². The van der Waals surface area contributed by atoms with E-state index in [0.717, 1.165) is 4.90 Å². The molecule has 2 rings (SSSR count). The minimum absolute atomic E-state index is 0.264. The quantitative estimate of drug-likeness (QED) is 0.591. The van der Waals surface area contributed by atoms with E-state index in [0.29, 0.717) is 30.4 Å². The summed E-state index contributed by atoms with van der Waals surface area (Å²) in [5, 5.41) is 2.68. The van der Waals surface area contributed by atoms with E-state index in [1.807, 2.05) is 0 Å². The standard InChI is InChI=1S/C16H20FN3O3/c1-16(12-7-5-11(6-8-12)13(18)21)14(22)20(15(23)19-16)10-4-2-3-9-17/h5-8H,2-4,9-10H2,1H3,(H2,18,21)(H,19,23)/t16-/m1/s1. The Kier molecular flexibility index (Phi) is 4.98. The number of nitrogens with zero attached hydrogens (tertiary/aromatic N) is 1. The summed E-state index contributed by atoms with van der Waals surface area (Å²) < 4.78 is 12.1. The maximum absolute atomic E-state index is 12.6. The van der Waals surface area contributed by atoms with Crippen molar-refractivity contribution in [2.24, 2.45) is 5.73 Å². The molecule has 1 aromatic carbocycles. The Bertz CT molecular complexity index is 618. The minimum Gasteiger partial charge on any atom is -0.366 e. The summed E-state index contributed by atoms with van der Waals surface area (Å²) in [6.07, 6.45) is 1.62. The molecule has 0 bridgehead atoms. The molecule has 0 spiro atoms. The highest BCUT2D eigenvalue weighted by Gasteiger charge is 2.48. The fourth-order valence-electron chi connectivity index (χ4n) is 2.60. The Hall–Kier alpha value is -2.44. The molecule has 1 fully saturated rings. The number of amides is 4. The molecule has 0 saturated carbocycles. The van der Waals surface area contributed by atoms with Crippen LogP contribution in [0.3, 0.4) is 0 Å². The van der Waals surface area contributed by atoms with Gasteiger partial charge in [0.25, 0.3) is 5.91 Å². The topological polar surface area (TPSA) is 92.5 Å². The first-order chi connectivity index (χ1) is 10.9. The number of alkyl halides is 1. The fourth-order valence-corrected chi connectivity index (χ4v) is 2.60. The lowest BCUT2D eigenvalue weighted by atomic mass is 9.91. The lowest BCUT2D eigenvalue weighted by molar-refractivity contribution is -0.131. The van der Waals surface area contributed by atoms with Crippen LogP contribution in [0.4, 0.5) is 9.18 Å². The van der Waals surface area contributed by atoms with Gasteiger partial charge in [-0.1, -0.05) is 12.1 Å². The molecule has 1 saturated heterocycles. The molecule has 0 aliphatic carbocycles. The molecule has 3 N–H and O–H groups in total. The van der Waals surface area contributed by atoms with Crippen molar-refractivity contribution in [2.45, 2.75) is 31.7 Å². The number of urea groups is 1. The van der Waals surface area contributed by atoms with Crippen molar-refractivity contribution >= 4 is 17.8 Å². The number of imide groups is 1. The SMILES string of the molecule is C[C@]1(c2ccc(C(N)=O)cc2)NC(=O)N(CCCCCF)C1=O. The highest BCUT2D eigenvalue weighted by atomic mass is 19.1. The van der Waals surface area contributed by atoms with Crippen LogP contribution in [0.15, 0.2) is 24.3 Å². The van der Waals surface area contributed by atoms with Crippen LogP contribution in [0.25, 0.3) is 0 Å². The van der Waals surface area contributed by atoms with Gasteiger partial charge in [-0.05, 0) is 43.9 Å². The highest BCUT2D eigenvalue weighted by molar-refractivity contribution is 6.07. The van der Waals surface area contributed by atoms with Crippen LogP contribution in [0.5, 0.6) is 0 Å². The van der Waals surface area contributed by atoms with Gasteiger partial charge in [-0.15, -0.1) is 0 Å². The van der Waals surface area contributed by atoms with E-state index in [4.69, 9.17) is 5.73 Å². The molecule has 7 heteroatoms. The van der Waals surface area contributed by atoms with E-state index >= 15 is 0 Å². The maximum atomic E-state index is 12.6. The summed E-state index contributed by atoms with van der Waals surface area (Å²) in [4.78, 5) is 36.9. The molecule has 4 amide bonds. The molecule has 1 atom stereocenters. The smallest absolute Gasteiger partial charge is 0.325 e. The maximum Gasteiger partial charge on any atom is 0.325 e. The van der Waals surface area contributed by atoms with Gasteiger partial charge in [-0.2, -0.15) is 0 Å². The number of primary amides is 1. The van der Waals surface area contributed by atoms with Crippen molar-refractivity contribution in [3.8, 4) is 0 Å². The molecular weight excluding hydrogens is 301 g/mol. The van der Waals surface area contributed by atoms with Crippen LogP contribution in [-0.2, 0) is 10.3 Å². The van der Waals surface area contributed by atoms with E-state index in [2.05, 4.69) is 5.32 Å². The molecule has 1 aliphatic heterocycles. The summed E-state index contributed by atoms with van der Waals surface area (Å²) in [5.41, 5.74) is 4.92. The number of rotatable bonds is 7. The monoisotopic (exact) mass is 321 g/mol. The number of carbonyl (C=O) groups is 3. The number of carbonyl (C=O) groups excluding carboxylic acids is 3. The molecule has 6 nitrogen and oxygen atoms in total. The van der Waals surface area contributed by atoms with E-state index in [9.17, 15) is 18.8 Å². The zero-order chi connectivity index (χ0) is 17.0. The molecule has 0 radical (unpaired) electrons. The molecule has 23 heavy (non-hydrogen) atoms. The predicted molar refractivity (Wildman–Crippen MR) is 82.4 cm³/mol. The molecule has 0 aromatic heterocycles. The van der Waals surface area contributed by atoms with Crippen LogP contribution in [0.2, 0.25) is 0 Å². The zero-order valence-corrected chi connectivity index (χ0v) is 13.0. The minimum atomic E-state index is -1.17. The van der Waals surface area contributed by atoms with Crippen molar-refractivity contribution in [1.82, 2.24) is 10.2 Å². The number of benzene rings is 1. The van der Waals surface area contributed by atoms with Crippen molar-refractivity contribution < 1.29 is 18.8 Å². The third-order valence-corrected chi connectivity index (χ3v) is 4.04. The molecule has 1 aromatic rings. The van der Waals surface area contributed by atoms with Gasteiger partial charge in [0.05, 0.1) is 6.67 Å². The first kappa shape index (κ1) is 16.9. The summed E-state index contributed by atoms with van der Waals surface area (Å²) >= 11 is 0. The number of hydrogen-bond acceptors (Lipinski definition) is 3. The number of hydrogen-bond donors (Lipinski definition) is 2. The number of unbranched alkanes of at least 4 members (excludes halogenated alkanes) is 2. The van der Waals surface area contributed by atoms with E-state index in [1.54, 1.807) is 19.1 Å². The van der Waals surface area contributed by atoms with Gasteiger partial charge in [0.1, 0.15) is 5.54 Å². The first-order valence-electron chi connectivity index (χ1n) is 7.50. The summed E-state index contributed by atoms with van der Waals surface area (Å²) in [6, 6.07) is 5.78. The van der Waals surface area contributed by atoms with Gasteiger partial charge in [0.15, 0.2) is 0 Å². The lowest BCUT2D eigenvalue weighted by Gasteiger charge is -2.22. The Morgan fingerprint density at radius 2 is 1.87 bits per heavy atom. The first-order valence-corrected chi connectivity index (χ1v) is 7.50. The van der Waals surface area contributed by atoms with Crippen LogP contribution in [0.1, 0.15) is 42.1 Å². The summed E-state index contributed by atoms with van der Waals surface area (Å²) in [6.45, 7) is 1.48. The zero-order valence-electron chi connectivity index (χ0n) is 13.0. The van der Waals surface area contributed by atoms with Crippen molar-refractivity contribution in [3.63, 3.8) is 0 Å². The summed E-state index contributed by atoms with van der Waals surface area (Å²) in [5.74, 6) is -0.910. The second-order valence-corrected chi connectivity index (χ2v) is 5.70. The second-order valence-electron chi connectivity index (χ2n) is 5.70. The highest BCUT2D eigenvalue weighted by Crippen LogP contribution is 2.29. The van der Waals surface area contributed by atoms with Gasteiger partial charge >= 0.3 is 6.03 Å². The lowest BCUT2D eigenvalue weighted by Crippen LogP contribution is -2.41. The average molecular weight is 321 g/mol. The van der Waals surface area contributed by atoms with Crippen LogP contribution in [0, 0.1) is 0 Å². The summed E-state index contributed by atoms with van der Waals surface area (Å²) in [7, 11) is 0. The van der Waals surface area contributed by atoms with Crippen molar-refractivity contribution in [3.05, 3.63) is 35.4 Å². The molecule has 0 unspecified atom stereocenters. The van der Waals surface area contributed by atoms with Crippen molar-refractivity contribution in [1.29, 1.82) is 0 Å². The normalized spacial score (nSPS) is 20.7.